The third-order valence-corrected chi connectivity index (χ3v) is 7.50. The second-order valence-electron chi connectivity index (χ2n) is 10.7. The van der Waals surface area contributed by atoms with Crippen LogP contribution in [0.1, 0.15) is 142 Å². The Hall–Kier alpha value is -1.32. The number of carbonyl (C=O) groups excluding carboxylic acids is 1. The zero-order chi connectivity index (χ0) is 23.7. The minimum atomic E-state index is 0.397. The number of imidazole rings is 1. The molecule has 0 bridgehead atoms. The maximum Gasteiger partial charge on any atom is 0.222 e. The Morgan fingerprint density at radius 3 is 2.00 bits per heavy atom. The molecule has 4 heteroatoms. The summed E-state index contributed by atoms with van der Waals surface area (Å²) in [6.45, 7) is 9.68. The number of piperidine rings is 1. The summed E-state index contributed by atoms with van der Waals surface area (Å²) in [7, 11) is 0. The smallest absolute Gasteiger partial charge is 0.222 e. The second kappa shape index (κ2) is 17.2. The van der Waals surface area contributed by atoms with Gasteiger partial charge in [-0.25, -0.2) is 4.98 Å². The van der Waals surface area contributed by atoms with Crippen molar-refractivity contribution >= 4 is 5.91 Å². The standard InChI is InChI=1S/C29H53N3O/c1-4-5-6-7-8-9-10-11-12-13-14-15-16-17-28(33)31-22-18-27(19-23-31)20-24-32-25-21-30-29(32)26(2)3/h21,25-27H,4-20,22-24H2,1-3H3. The van der Waals surface area contributed by atoms with Gasteiger partial charge < -0.3 is 9.47 Å². The van der Waals surface area contributed by atoms with Crippen molar-refractivity contribution in [1.82, 2.24) is 14.5 Å². The van der Waals surface area contributed by atoms with Gasteiger partial charge in [0.1, 0.15) is 5.82 Å². The van der Waals surface area contributed by atoms with Gasteiger partial charge in [-0.1, -0.05) is 97.8 Å². The Kier molecular flexibility index (Phi) is 14.5. The van der Waals surface area contributed by atoms with Crippen molar-refractivity contribution in [2.45, 2.75) is 142 Å². The van der Waals surface area contributed by atoms with Crippen LogP contribution in [0.3, 0.4) is 0 Å². The summed E-state index contributed by atoms with van der Waals surface area (Å²) >= 11 is 0. The maximum absolute atomic E-state index is 12.6. The lowest BCUT2D eigenvalue weighted by atomic mass is 9.93. The molecule has 1 aromatic heterocycles. The lowest BCUT2D eigenvalue weighted by molar-refractivity contribution is -0.132. The quantitative estimate of drug-likeness (QED) is 0.208. The summed E-state index contributed by atoms with van der Waals surface area (Å²) in [5.74, 6) is 2.81. The van der Waals surface area contributed by atoms with E-state index in [1.165, 1.54) is 89.3 Å². The molecule has 0 spiro atoms. The van der Waals surface area contributed by atoms with Crippen molar-refractivity contribution < 1.29 is 4.79 Å². The lowest BCUT2D eigenvalue weighted by Gasteiger charge is -2.32. The molecule has 2 rings (SSSR count). The topological polar surface area (TPSA) is 38.1 Å². The van der Waals surface area contributed by atoms with E-state index in [9.17, 15) is 4.79 Å². The first-order chi connectivity index (χ1) is 16.1. The minimum Gasteiger partial charge on any atom is -0.343 e. The zero-order valence-electron chi connectivity index (χ0n) is 22.2. The molecule has 1 aliphatic heterocycles. The van der Waals surface area contributed by atoms with E-state index in [4.69, 9.17) is 0 Å². The van der Waals surface area contributed by atoms with Crippen LogP contribution in [0.5, 0.6) is 0 Å². The SMILES string of the molecule is CCCCCCCCCCCCCCCC(=O)N1CCC(CCn2ccnc2C(C)C)CC1. The van der Waals surface area contributed by atoms with Crippen molar-refractivity contribution in [2.75, 3.05) is 13.1 Å². The van der Waals surface area contributed by atoms with E-state index in [-0.39, 0.29) is 0 Å². The van der Waals surface area contributed by atoms with Gasteiger partial charge in [-0.05, 0) is 31.6 Å². The highest BCUT2D eigenvalue weighted by Crippen LogP contribution is 2.23. The number of nitrogens with zero attached hydrogens (tertiary/aromatic N) is 3. The number of likely N-dealkylation sites (tertiary alicyclic amines) is 1. The van der Waals surface area contributed by atoms with Crippen LogP contribution in [-0.2, 0) is 11.3 Å². The Balaban J connectivity index is 1.43. The van der Waals surface area contributed by atoms with E-state index in [0.29, 0.717) is 11.8 Å². The van der Waals surface area contributed by atoms with Crippen molar-refractivity contribution in [2.24, 2.45) is 5.92 Å². The number of rotatable bonds is 18. The van der Waals surface area contributed by atoms with E-state index >= 15 is 0 Å². The normalized spacial score (nSPS) is 15.0. The maximum atomic E-state index is 12.6. The highest BCUT2D eigenvalue weighted by molar-refractivity contribution is 5.76. The van der Waals surface area contributed by atoms with E-state index in [0.717, 1.165) is 51.2 Å². The summed E-state index contributed by atoms with van der Waals surface area (Å²) < 4.78 is 2.32. The molecule has 1 fully saturated rings. The molecule has 1 amide bonds. The number of aryl methyl sites for hydroxylation is 1. The van der Waals surface area contributed by atoms with Crippen molar-refractivity contribution in [3.63, 3.8) is 0 Å². The fourth-order valence-corrected chi connectivity index (χ4v) is 5.26. The zero-order valence-corrected chi connectivity index (χ0v) is 22.2. The van der Waals surface area contributed by atoms with Crippen molar-refractivity contribution in [3.05, 3.63) is 18.2 Å². The summed E-state index contributed by atoms with van der Waals surface area (Å²) in [4.78, 5) is 19.2. The Labute approximate surface area is 204 Å². The summed E-state index contributed by atoms with van der Waals surface area (Å²) in [5.41, 5.74) is 0. The Bertz CT molecular complexity index is 616. The summed E-state index contributed by atoms with van der Waals surface area (Å²) in [5, 5.41) is 0. The van der Waals surface area contributed by atoms with Gasteiger partial charge in [0.2, 0.25) is 5.91 Å². The van der Waals surface area contributed by atoms with E-state index in [1.54, 1.807) is 0 Å². The van der Waals surface area contributed by atoms with Crippen LogP contribution in [0.15, 0.2) is 12.4 Å². The molecule has 0 aromatic carbocycles. The fraction of sp³-hybridized carbons (Fsp3) is 0.862. The first-order valence-corrected chi connectivity index (χ1v) is 14.4. The molecule has 1 aliphatic rings. The van der Waals surface area contributed by atoms with Crippen LogP contribution in [0, 0.1) is 5.92 Å². The van der Waals surface area contributed by atoms with Crippen LogP contribution in [0.2, 0.25) is 0 Å². The first-order valence-electron chi connectivity index (χ1n) is 14.4. The van der Waals surface area contributed by atoms with Crippen LogP contribution in [0.4, 0.5) is 0 Å². The van der Waals surface area contributed by atoms with Gasteiger partial charge in [-0.2, -0.15) is 0 Å². The number of unbranched alkanes of at least 4 members (excludes halogenated alkanes) is 12. The molecule has 33 heavy (non-hydrogen) atoms. The Morgan fingerprint density at radius 1 is 0.909 bits per heavy atom. The molecule has 0 N–H and O–H groups in total. The van der Waals surface area contributed by atoms with Gasteiger partial charge in [0.15, 0.2) is 0 Å². The molecule has 4 nitrogen and oxygen atoms in total. The van der Waals surface area contributed by atoms with Crippen LogP contribution in [-0.4, -0.2) is 33.4 Å². The summed E-state index contributed by atoms with van der Waals surface area (Å²) in [6.07, 6.45) is 26.0. The first kappa shape index (κ1) is 27.9. The third-order valence-electron chi connectivity index (χ3n) is 7.50. The second-order valence-corrected chi connectivity index (χ2v) is 10.7. The fourth-order valence-electron chi connectivity index (χ4n) is 5.26. The van der Waals surface area contributed by atoms with Gasteiger partial charge in [-0.15, -0.1) is 0 Å². The third kappa shape index (κ3) is 11.6. The molecule has 0 atom stereocenters. The molecule has 0 unspecified atom stereocenters. The average Bonchev–Trinajstić information content (AvgIpc) is 3.30. The van der Waals surface area contributed by atoms with Crippen LogP contribution < -0.4 is 0 Å². The van der Waals surface area contributed by atoms with Crippen molar-refractivity contribution in [3.8, 4) is 0 Å². The van der Waals surface area contributed by atoms with Gasteiger partial charge in [0.25, 0.3) is 0 Å². The number of hydrogen-bond donors (Lipinski definition) is 0. The Morgan fingerprint density at radius 2 is 1.45 bits per heavy atom. The van der Waals surface area contributed by atoms with E-state index in [1.807, 2.05) is 6.20 Å². The molecule has 1 aromatic rings. The number of carbonyl (C=O) groups is 1. The predicted octanol–water partition coefficient (Wildman–Crippen LogP) is 8.12. The molecule has 1 saturated heterocycles. The number of amides is 1. The summed E-state index contributed by atoms with van der Waals surface area (Å²) in [6, 6.07) is 0. The van der Waals surface area contributed by atoms with Gasteiger partial charge >= 0.3 is 0 Å². The molecular weight excluding hydrogens is 406 g/mol. The molecule has 0 aliphatic carbocycles. The van der Waals surface area contributed by atoms with Crippen molar-refractivity contribution in [1.29, 1.82) is 0 Å². The van der Waals surface area contributed by atoms with E-state index < -0.39 is 0 Å². The molecule has 2 heterocycles. The van der Waals surface area contributed by atoms with Crippen LogP contribution >= 0.6 is 0 Å². The van der Waals surface area contributed by atoms with Gasteiger partial charge in [0, 0.05) is 44.4 Å². The monoisotopic (exact) mass is 459 g/mol. The van der Waals surface area contributed by atoms with Gasteiger partial charge in [-0.3, -0.25) is 4.79 Å². The minimum absolute atomic E-state index is 0.397. The molecule has 0 radical (unpaired) electrons. The lowest BCUT2D eigenvalue weighted by Crippen LogP contribution is -2.38. The van der Waals surface area contributed by atoms with E-state index in [2.05, 4.69) is 41.4 Å². The number of hydrogen-bond acceptors (Lipinski definition) is 2. The van der Waals surface area contributed by atoms with Crippen LogP contribution in [0.25, 0.3) is 0 Å². The van der Waals surface area contributed by atoms with Gasteiger partial charge in [0.05, 0.1) is 0 Å². The highest BCUT2D eigenvalue weighted by atomic mass is 16.2. The highest BCUT2D eigenvalue weighted by Gasteiger charge is 2.22. The largest absolute Gasteiger partial charge is 0.343 e. The molecular formula is C29H53N3O. The number of aromatic nitrogens is 2. The molecule has 190 valence electrons. The molecule has 0 saturated carbocycles. The predicted molar refractivity (Wildman–Crippen MR) is 141 cm³/mol. The average molecular weight is 460 g/mol.